The highest BCUT2D eigenvalue weighted by molar-refractivity contribution is 7.22. The van der Waals surface area contributed by atoms with Crippen LogP contribution >= 0.6 is 11.3 Å². The second kappa shape index (κ2) is 6.82. The first-order valence-corrected chi connectivity index (χ1v) is 10.8. The Bertz CT molecular complexity index is 1320. The maximum Gasteiger partial charge on any atom is 0.0789 e. The molecular formula is C27H23NS. The first kappa shape index (κ1) is 18.1. The Kier molecular flexibility index (Phi) is 4.25. The average Bonchev–Trinajstić information content (AvgIpc) is 3.17. The van der Waals surface area contributed by atoms with Crippen molar-refractivity contribution in [3.63, 3.8) is 0 Å². The zero-order valence-electron chi connectivity index (χ0n) is 16.9. The molecule has 29 heavy (non-hydrogen) atoms. The zero-order valence-corrected chi connectivity index (χ0v) is 17.8. The van der Waals surface area contributed by atoms with Crippen molar-refractivity contribution >= 4 is 32.2 Å². The van der Waals surface area contributed by atoms with Crippen LogP contribution in [0, 0.1) is 0 Å². The number of hydrogen-bond acceptors (Lipinski definition) is 2. The van der Waals surface area contributed by atoms with E-state index >= 15 is 0 Å². The summed E-state index contributed by atoms with van der Waals surface area (Å²) in [5, 5.41) is 3.82. The first-order chi connectivity index (χ1) is 14.0. The highest BCUT2D eigenvalue weighted by Crippen LogP contribution is 2.40. The van der Waals surface area contributed by atoms with Gasteiger partial charge in [0.2, 0.25) is 0 Å². The Balaban J connectivity index is 1.76. The highest BCUT2D eigenvalue weighted by atomic mass is 32.1. The van der Waals surface area contributed by atoms with Crippen LogP contribution in [0.2, 0.25) is 0 Å². The normalized spacial score (nSPS) is 12.0. The van der Waals surface area contributed by atoms with E-state index in [4.69, 9.17) is 4.98 Å². The van der Waals surface area contributed by atoms with E-state index in [-0.39, 0.29) is 5.41 Å². The summed E-state index contributed by atoms with van der Waals surface area (Å²) in [6.07, 6.45) is 1.94. The van der Waals surface area contributed by atoms with Crippen LogP contribution in [-0.2, 0) is 5.41 Å². The van der Waals surface area contributed by atoms with Crippen molar-refractivity contribution in [1.29, 1.82) is 0 Å². The van der Waals surface area contributed by atoms with Crippen LogP contribution in [0.25, 0.3) is 42.6 Å². The molecule has 0 amide bonds. The molecule has 0 saturated carbocycles. The van der Waals surface area contributed by atoms with Gasteiger partial charge < -0.3 is 0 Å². The second-order valence-corrected chi connectivity index (χ2v) is 9.63. The molecule has 0 radical (unpaired) electrons. The van der Waals surface area contributed by atoms with E-state index in [9.17, 15) is 0 Å². The molecule has 0 spiro atoms. The lowest BCUT2D eigenvalue weighted by Crippen LogP contribution is -2.12. The third-order valence-corrected chi connectivity index (χ3v) is 6.60. The monoisotopic (exact) mass is 393 g/mol. The van der Waals surface area contributed by atoms with Gasteiger partial charge in [-0.15, -0.1) is 11.3 Å². The fourth-order valence-corrected chi connectivity index (χ4v) is 5.07. The Morgan fingerprint density at radius 3 is 2.28 bits per heavy atom. The van der Waals surface area contributed by atoms with Crippen molar-refractivity contribution in [3.8, 4) is 21.7 Å². The molecule has 0 atom stereocenters. The lowest BCUT2D eigenvalue weighted by Gasteiger charge is -2.22. The molecule has 0 saturated heterocycles. The molecule has 0 N–H and O–H groups in total. The summed E-state index contributed by atoms with van der Waals surface area (Å²) >= 11 is 1.83. The molecule has 0 unspecified atom stereocenters. The van der Waals surface area contributed by atoms with Crippen molar-refractivity contribution in [1.82, 2.24) is 4.98 Å². The lowest BCUT2D eigenvalue weighted by molar-refractivity contribution is 0.596. The van der Waals surface area contributed by atoms with Crippen LogP contribution in [0.1, 0.15) is 26.3 Å². The van der Waals surface area contributed by atoms with Crippen molar-refractivity contribution in [2.45, 2.75) is 26.2 Å². The van der Waals surface area contributed by atoms with E-state index in [2.05, 4.69) is 99.6 Å². The molecule has 3 aromatic carbocycles. The molecule has 2 heterocycles. The summed E-state index contributed by atoms with van der Waals surface area (Å²) in [7, 11) is 0. The van der Waals surface area contributed by atoms with Gasteiger partial charge in [0.25, 0.3) is 0 Å². The van der Waals surface area contributed by atoms with Crippen LogP contribution in [0.15, 0.2) is 85.1 Å². The molecule has 0 aliphatic heterocycles. The summed E-state index contributed by atoms with van der Waals surface area (Å²) in [5.74, 6) is 0. The van der Waals surface area contributed by atoms with Crippen LogP contribution in [0.5, 0.6) is 0 Å². The maximum atomic E-state index is 4.82. The fraction of sp³-hybridized carbons (Fsp3) is 0.148. The van der Waals surface area contributed by atoms with Gasteiger partial charge in [0, 0.05) is 26.7 Å². The van der Waals surface area contributed by atoms with Crippen LogP contribution in [0.3, 0.4) is 0 Å². The third-order valence-electron chi connectivity index (χ3n) is 5.45. The summed E-state index contributed by atoms with van der Waals surface area (Å²) in [6, 6.07) is 28.3. The summed E-state index contributed by atoms with van der Waals surface area (Å²) in [4.78, 5) is 6.10. The first-order valence-electron chi connectivity index (χ1n) is 9.98. The molecule has 5 aromatic rings. The van der Waals surface area contributed by atoms with Gasteiger partial charge in [-0.1, -0.05) is 75.4 Å². The summed E-state index contributed by atoms with van der Waals surface area (Å²) in [6.45, 7) is 6.85. The average molecular weight is 394 g/mol. The van der Waals surface area contributed by atoms with Crippen molar-refractivity contribution < 1.29 is 0 Å². The van der Waals surface area contributed by atoms with Crippen molar-refractivity contribution in [2.75, 3.05) is 0 Å². The van der Waals surface area contributed by atoms with E-state index in [0.717, 1.165) is 5.69 Å². The largest absolute Gasteiger partial charge is 0.256 e. The molecule has 5 rings (SSSR count). The van der Waals surface area contributed by atoms with Gasteiger partial charge in [-0.05, 0) is 51.6 Å². The van der Waals surface area contributed by atoms with Crippen LogP contribution in [-0.4, -0.2) is 4.98 Å². The van der Waals surface area contributed by atoms with E-state index in [1.54, 1.807) is 0 Å². The molecule has 142 valence electrons. The Morgan fingerprint density at radius 2 is 1.48 bits per heavy atom. The maximum absolute atomic E-state index is 4.82. The Hall–Kier alpha value is -2.97. The van der Waals surface area contributed by atoms with E-state index in [0.29, 0.717) is 0 Å². The lowest BCUT2D eigenvalue weighted by atomic mass is 9.82. The number of pyridine rings is 1. The third kappa shape index (κ3) is 3.24. The molecule has 0 fully saturated rings. The molecular weight excluding hydrogens is 370 g/mol. The topological polar surface area (TPSA) is 12.9 Å². The van der Waals surface area contributed by atoms with Gasteiger partial charge in [-0.25, -0.2) is 0 Å². The Labute approximate surface area is 175 Å². The van der Waals surface area contributed by atoms with Gasteiger partial charge >= 0.3 is 0 Å². The minimum absolute atomic E-state index is 0.0629. The molecule has 2 heteroatoms. The zero-order chi connectivity index (χ0) is 20.0. The number of benzene rings is 3. The van der Waals surface area contributed by atoms with Gasteiger partial charge in [0.15, 0.2) is 0 Å². The number of rotatable bonds is 2. The van der Waals surface area contributed by atoms with Gasteiger partial charge in [-0.3, -0.25) is 4.98 Å². The van der Waals surface area contributed by atoms with Crippen LogP contribution in [0.4, 0.5) is 0 Å². The molecule has 0 aliphatic carbocycles. The standard InChI is InChI=1S/C27H23NS/c1-27(2,3)23-16-20(15-19-11-7-8-12-21(19)23)26-22-17-25(18-9-5-4-6-10-18)29-24(22)13-14-28-26/h4-17H,1-3H3. The summed E-state index contributed by atoms with van der Waals surface area (Å²) in [5.41, 5.74) is 4.94. The van der Waals surface area contributed by atoms with E-state index < -0.39 is 0 Å². The Morgan fingerprint density at radius 1 is 0.724 bits per heavy atom. The highest BCUT2D eigenvalue weighted by Gasteiger charge is 2.19. The predicted molar refractivity (Wildman–Crippen MR) is 127 cm³/mol. The second-order valence-electron chi connectivity index (χ2n) is 8.54. The molecule has 1 nitrogen and oxygen atoms in total. The molecule has 0 aliphatic rings. The smallest absolute Gasteiger partial charge is 0.0789 e. The van der Waals surface area contributed by atoms with E-state index in [1.807, 2.05) is 17.5 Å². The van der Waals surface area contributed by atoms with Crippen molar-refractivity contribution in [3.05, 3.63) is 90.6 Å². The minimum atomic E-state index is 0.0629. The summed E-state index contributed by atoms with van der Waals surface area (Å²) < 4.78 is 1.28. The molecule has 2 aromatic heterocycles. The minimum Gasteiger partial charge on any atom is -0.256 e. The number of thiophene rings is 1. The SMILES string of the molecule is CC(C)(C)c1cc(-c2nccc3sc(-c4ccccc4)cc23)cc2ccccc12. The number of fused-ring (bicyclic) bond motifs is 2. The van der Waals surface area contributed by atoms with Gasteiger partial charge in [-0.2, -0.15) is 0 Å². The van der Waals surface area contributed by atoms with Crippen molar-refractivity contribution in [2.24, 2.45) is 0 Å². The van der Waals surface area contributed by atoms with Gasteiger partial charge in [0.1, 0.15) is 0 Å². The number of aromatic nitrogens is 1. The predicted octanol–water partition coefficient (Wildman–Crippen LogP) is 8.08. The quantitative estimate of drug-likeness (QED) is 0.295. The number of hydrogen-bond donors (Lipinski definition) is 0. The van der Waals surface area contributed by atoms with Crippen LogP contribution < -0.4 is 0 Å². The fourth-order valence-electron chi connectivity index (χ4n) is 4.01. The van der Waals surface area contributed by atoms with Gasteiger partial charge in [0.05, 0.1) is 5.69 Å². The van der Waals surface area contributed by atoms with E-state index in [1.165, 1.54) is 42.4 Å². The number of nitrogens with zero attached hydrogens (tertiary/aromatic N) is 1. The molecule has 0 bridgehead atoms.